The molecule has 0 amide bonds. The van der Waals surface area contributed by atoms with Crippen LogP contribution in [0.2, 0.25) is 0 Å². The SMILES string of the molecule is CCNC(=NCCCOC)NCCCNS(=O)(=O)CC. The highest BCUT2D eigenvalue weighted by Gasteiger charge is 2.04. The Hall–Kier alpha value is -0.860. The van der Waals surface area contributed by atoms with E-state index in [2.05, 4.69) is 20.3 Å². The van der Waals surface area contributed by atoms with E-state index < -0.39 is 10.0 Å². The molecule has 0 heterocycles. The van der Waals surface area contributed by atoms with Crippen molar-refractivity contribution in [1.29, 1.82) is 0 Å². The average Bonchev–Trinajstić information content (AvgIpc) is 2.43. The maximum Gasteiger partial charge on any atom is 0.211 e. The van der Waals surface area contributed by atoms with Crippen LogP contribution in [0.3, 0.4) is 0 Å². The molecule has 0 rings (SSSR count). The van der Waals surface area contributed by atoms with Crippen molar-refractivity contribution in [2.24, 2.45) is 4.99 Å². The van der Waals surface area contributed by atoms with Gasteiger partial charge in [-0.05, 0) is 26.7 Å². The summed E-state index contributed by atoms with van der Waals surface area (Å²) in [6.07, 6.45) is 1.59. The van der Waals surface area contributed by atoms with Crippen molar-refractivity contribution < 1.29 is 13.2 Å². The largest absolute Gasteiger partial charge is 0.385 e. The monoisotopic (exact) mass is 308 g/mol. The molecule has 0 aliphatic carbocycles. The first-order valence-electron chi connectivity index (χ1n) is 7.04. The molecule has 0 bridgehead atoms. The second kappa shape index (κ2) is 11.9. The average molecular weight is 308 g/mol. The standard InChI is InChI=1S/C12H28N4O3S/c1-4-13-12(15-9-7-11-19-3)14-8-6-10-16-20(17,18)5-2/h16H,4-11H2,1-3H3,(H2,13,14,15). The third-order valence-corrected chi connectivity index (χ3v) is 3.87. The minimum absolute atomic E-state index is 0.115. The molecule has 0 saturated carbocycles. The molecule has 0 aliphatic rings. The van der Waals surface area contributed by atoms with Gasteiger partial charge in [0.1, 0.15) is 0 Å². The second-order valence-electron chi connectivity index (χ2n) is 4.19. The predicted molar refractivity (Wildman–Crippen MR) is 82.6 cm³/mol. The Labute approximate surface area is 122 Å². The van der Waals surface area contributed by atoms with Crippen LogP contribution in [0.25, 0.3) is 0 Å². The molecule has 0 saturated heterocycles. The van der Waals surface area contributed by atoms with Crippen molar-refractivity contribution in [1.82, 2.24) is 15.4 Å². The van der Waals surface area contributed by atoms with Crippen LogP contribution in [0.4, 0.5) is 0 Å². The van der Waals surface area contributed by atoms with Crippen LogP contribution in [-0.4, -0.2) is 60.0 Å². The number of aliphatic imine (C=N–C) groups is 1. The zero-order chi connectivity index (χ0) is 15.3. The summed E-state index contributed by atoms with van der Waals surface area (Å²) in [5.74, 6) is 0.867. The highest BCUT2D eigenvalue weighted by Crippen LogP contribution is 1.85. The lowest BCUT2D eigenvalue weighted by molar-refractivity contribution is 0.197. The lowest BCUT2D eigenvalue weighted by Gasteiger charge is -2.11. The van der Waals surface area contributed by atoms with E-state index in [0.717, 1.165) is 18.9 Å². The Balaban J connectivity index is 3.85. The highest BCUT2D eigenvalue weighted by molar-refractivity contribution is 7.89. The van der Waals surface area contributed by atoms with Gasteiger partial charge in [-0.1, -0.05) is 0 Å². The van der Waals surface area contributed by atoms with E-state index in [9.17, 15) is 8.42 Å². The van der Waals surface area contributed by atoms with Gasteiger partial charge in [0, 0.05) is 39.9 Å². The number of hydrogen-bond acceptors (Lipinski definition) is 4. The molecule has 0 atom stereocenters. The summed E-state index contributed by atoms with van der Waals surface area (Å²) in [4.78, 5) is 4.39. The molecule has 0 spiro atoms. The van der Waals surface area contributed by atoms with Crippen LogP contribution in [-0.2, 0) is 14.8 Å². The first-order chi connectivity index (χ1) is 9.55. The number of methoxy groups -OCH3 is 1. The number of nitrogens with one attached hydrogen (secondary N) is 3. The normalized spacial score (nSPS) is 12.4. The number of nitrogens with zero attached hydrogens (tertiary/aromatic N) is 1. The summed E-state index contributed by atoms with van der Waals surface area (Å²) >= 11 is 0. The van der Waals surface area contributed by atoms with Gasteiger partial charge in [-0.3, -0.25) is 4.99 Å². The molecule has 0 aromatic carbocycles. The third-order valence-electron chi connectivity index (χ3n) is 2.47. The van der Waals surface area contributed by atoms with Crippen molar-refractivity contribution in [3.8, 4) is 0 Å². The molecule has 0 aliphatic heterocycles. The Bertz CT molecular complexity index is 358. The third kappa shape index (κ3) is 11.0. The second-order valence-corrected chi connectivity index (χ2v) is 6.28. The Kier molecular flexibility index (Phi) is 11.4. The summed E-state index contributed by atoms with van der Waals surface area (Å²) in [5.41, 5.74) is 0. The first kappa shape index (κ1) is 19.1. The Morgan fingerprint density at radius 3 is 2.50 bits per heavy atom. The maximum absolute atomic E-state index is 11.2. The number of rotatable bonds is 11. The number of sulfonamides is 1. The quantitative estimate of drug-likeness (QED) is 0.282. The van der Waals surface area contributed by atoms with Crippen molar-refractivity contribution in [2.75, 3.05) is 45.6 Å². The summed E-state index contributed by atoms with van der Waals surface area (Å²) < 4.78 is 29.9. The van der Waals surface area contributed by atoms with Crippen molar-refractivity contribution in [2.45, 2.75) is 26.7 Å². The molecule has 0 unspecified atom stereocenters. The van der Waals surface area contributed by atoms with E-state index in [0.29, 0.717) is 32.7 Å². The van der Waals surface area contributed by atoms with E-state index in [-0.39, 0.29) is 5.75 Å². The zero-order valence-corrected chi connectivity index (χ0v) is 13.6. The van der Waals surface area contributed by atoms with Crippen LogP contribution < -0.4 is 15.4 Å². The molecule has 7 nitrogen and oxygen atoms in total. The molecule has 0 aromatic heterocycles. The fraction of sp³-hybridized carbons (Fsp3) is 0.917. The van der Waals surface area contributed by atoms with Gasteiger partial charge in [-0.15, -0.1) is 0 Å². The van der Waals surface area contributed by atoms with Crippen LogP contribution in [0, 0.1) is 0 Å². The smallest absolute Gasteiger partial charge is 0.211 e. The van der Waals surface area contributed by atoms with Gasteiger partial charge in [0.15, 0.2) is 5.96 Å². The molecule has 0 aromatic rings. The van der Waals surface area contributed by atoms with Crippen LogP contribution in [0.5, 0.6) is 0 Å². The molecule has 3 N–H and O–H groups in total. The zero-order valence-electron chi connectivity index (χ0n) is 12.7. The van der Waals surface area contributed by atoms with Crippen LogP contribution in [0.15, 0.2) is 4.99 Å². The van der Waals surface area contributed by atoms with Gasteiger partial charge < -0.3 is 15.4 Å². The highest BCUT2D eigenvalue weighted by atomic mass is 32.2. The van der Waals surface area contributed by atoms with Crippen molar-refractivity contribution in [3.63, 3.8) is 0 Å². The predicted octanol–water partition coefficient (Wildman–Crippen LogP) is -0.0926. The molecular weight excluding hydrogens is 280 g/mol. The summed E-state index contributed by atoms with van der Waals surface area (Å²) in [6.45, 7) is 6.92. The van der Waals surface area contributed by atoms with E-state index in [4.69, 9.17) is 4.74 Å². The Morgan fingerprint density at radius 1 is 1.15 bits per heavy atom. The molecule has 20 heavy (non-hydrogen) atoms. The minimum atomic E-state index is -3.09. The fourth-order valence-electron chi connectivity index (χ4n) is 1.37. The van der Waals surface area contributed by atoms with E-state index >= 15 is 0 Å². The van der Waals surface area contributed by atoms with Gasteiger partial charge >= 0.3 is 0 Å². The lowest BCUT2D eigenvalue weighted by atomic mass is 10.4. The lowest BCUT2D eigenvalue weighted by Crippen LogP contribution is -2.39. The van der Waals surface area contributed by atoms with Crippen molar-refractivity contribution in [3.05, 3.63) is 0 Å². The van der Waals surface area contributed by atoms with Gasteiger partial charge in [-0.2, -0.15) is 0 Å². The summed E-state index contributed by atoms with van der Waals surface area (Å²) in [6, 6.07) is 0. The minimum Gasteiger partial charge on any atom is -0.385 e. The first-order valence-corrected chi connectivity index (χ1v) is 8.69. The van der Waals surface area contributed by atoms with Crippen LogP contribution >= 0.6 is 0 Å². The molecule has 0 radical (unpaired) electrons. The van der Waals surface area contributed by atoms with Gasteiger partial charge in [0.05, 0.1) is 5.75 Å². The van der Waals surface area contributed by atoms with Gasteiger partial charge in [0.2, 0.25) is 10.0 Å². The summed E-state index contributed by atoms with van der Waals surface area (Å²) in [5, 5.41) is 6.30. The van der Waals surface area contributed by atoms with Crippen molar-refractivity contribution >= 4 is 16.0 Å². The molecule has 120 valence electrons. The van der Waals surface area contributed by atoms with Gasteiger partial charge in [-0.25, -0.2) is 13.1 Å². The molecule has 0 fully saturated rings. The molecule has 8 heteroatoms. The van der Waals surface area contributed by atoms with E-state index in [1.54, 1.807) is 14.0 Å². The van der Waals surface area contributed by atoms with Gasteiger partial charge in [0.25, 0.3) is 0 Å². The maximum atomic E-state index is 11.2. The number of guanidine groups is 1. The Morgan fingerprint density at radius 2 is 1.90 bits per heavy atom. The van der Waals surface area contributed by atoms with E-state index in [1.807, 2.05) is 6.92 Å². The number of hydrogen-bond donors (Lipinski definition) is 3. The van der Waals surface area contributed by atoms with Crippen LogP contribution in [0.1, 0.15) is 26.7 Å². The van der Waals surface area contributed by atoms with E-state index in [1.165, 1.54) is 0 Å². The number of ether oxygens (including phenoxy) is 1. The summed E-state index contributed by atoms with van der Waals surface area (Å²) in [7, 11) is -1.42. The fourth-order valence-corrected chi connectivity index (χ4v) is 2.03. The molecular formula is C12H28N4O3S. The topological polar surface area (TPSA) is 91.8 Å².